The van der Waals surface area contributed by atoms with Crippen molar-refractivity contribution in [2.75, 3.05) is 16.3 Å². The van der Waals surface area contributed by atoms with Crippen LogP contribution in [0.15, 0.2) is 42.5 Å². The summed E-state index contributed by atoms with van der Waals surface area (Å²) >= 11 is 0. The predicted octanol–water partition coefficient (Wildman–Crippen LogP) is 2.80. The van der Waals surface area contributed by atoms with Crippen LogP contribution < -0.4 is 10.0 Å². The van der Waals surface area contributed by atoms with Crippen LogP contribution in [0.2, 0.25) is 0 Å². The highest BCUT2D eigenvalue weighted by atomic mass is 32.2. The fourth-order valence-corrected chi connectivity index (χ4v) is 3.37. The molecule has 0 aliphatic heterocycles. The second-order valence-electron chi connectivity index (χ2n) is 5.71. The number of amides is 1. The summed E-state index contributed by atoms with van der Waals surface area (Å²) in [5.41, 5.74) is 3.90. The number of anilines is 2. The summed E-state index contributed by atoms with van der Waals surface area (Å²) in [6.07, 6.45) is 4.27. The summed E-state index contributed by atoms with van der Waals surface area (Å²) < 4.78 is 25.2. The molecular formula is C17H18N2O3S. The molecule has 0 bridgehead atoms. The first kappa shape index (κ1) is 15.6. The average Bonchev–Trinajstić information content (AvgIpc) is 2.95. The summed E-state index contributed by atoms with van der Waals surface area (Å²) in [5, 5.41) is 2.77. The average molecular weight is 330 g/mol. The highest BCUT2D eigenvalue weighted by Gasteiger charge is 2.15. The molecule has 0 aromatic heterocycles. The third kappa shape index (κ3) is 3.71. The minimum absolute atomic E-state index is 0.248. The number of rotatable bonds is 4. The lowest BCUT2D eigenvalue weighted by molar-refractivity contribution is 0.102. The molecular weight excluding hydrogens is 312 g/mol. The summed E-state index contributed by atoms with van der Waals surface area (Å²) in [4.78, 5) is 12.4. The fourth-order valence-electron chi connectivity index (χ4n) is 2.79. The Labute approximate surface area is 135 Å². The van der Waals surface area contributed by atoms with Crippen molar-refractivity contribution in [3.05, 3.63) is 59.2 Å². The van der Waals surface area contributed by atoms with Crippen LogP contribution in [0.3, 0.4) is 0 Å². The Balaban J connectivity index is 1.83. The molecule has 0 atom stereocenters. The van der Waals surface area contributed by atoms with Crippen LogP contribution in [0.5, 0.6) is 0 Å². The summed E-state index contributed by atoms with van der Waals surface area (Å²) in [7, 11) is -3.41. The van der Waals surface area contributed by atoms with Gasteiger partial charge in [-0.2, -0.15) is 0 Å². The molecule has 0 spiro atoms. The molecule has 1 aliphatic carbocycles. The number of carbonyl (C=O) groups is 1. The Kier molecular flexibility index (Phi) is 4.09. The molecule has 5 nitrogen and oxygen atoms in total. The molecule has 0 radical (unpaired) electrons. The summed E-state index contributed by atoms with van der Waals surface area (Å²) in [5.74, 6) is -0.248. The van der Waals surface area contributed by atoms with Gasteiger partial charge in [0.2, 0.25) is 10.0 Å². The van der Waals surface area contributed by atoms with Crippen molar-refractivity contribution < 1.29 is 13.2 Å². The Bertz CT molecular complexity index is 860. The number of hydrogen-bond donors (Lipinski definition) is 2. The van der Waals surface area contributed by atoms with Gasteiger partial charge in [-0.05, 0) is 54.7 Å². The van der Waals surface area contributed by atoms with Crippen LogP contribution in [0.25, 0.3) is 0 Å². The first-order valence-electron chi connectivity index (χ1n) is 7.42. The van der Waals surface area contributed by atoms with Gasteiger partial charge in [0.05, 0.1) is 17.6 Å². The van der Waals surface area contributed by atoms with E-state index in [1.165, 1.54) is 11.1 Å². The molecule has 3 rings (SSSR count). The second-order valence-corrected chi connectivity index (χ2v) is 7.46. The minimum Gasteiger partial charge on any atom is -0.320 e. The van der Waals surface area contributed by atoms with Gasteiger partial charge in [0.25, 0.3) is 5.91 Å². The quantitative estimate of drug-likeness (QED) is 0.905. The maximum Gasteiger partial charge on any atom is 0.255 e. The Morgan fingerprint density at radius 3 is 2.43 bits per heavy atom. The maximum absolute atomic E-state index is 12.4. The fraction of sp³-hybridized carbons (Fsp3) is 0.235. The number of para-hydroxylation sites is 2. The van der Waals surface area contributed by atoms with E-state index < -0.39 is 10.0 Å². The van der Waals surface area contributed by atoms with E-state index in [0.717, 1.165) is 25.5 Å². The second kappa shape index (κ2) is 6.04. The van der Waals surface area contributed by atoms with Gasteiger partial charge in [-0.3, -0.25) is 9.52 Å². The SMILES string of the molecule is CS(=O)(=O)Nc1ccccc1NC(=O)c1ccc2c(c1)CCC2. The van der Waals surface area contributed by atoms with Crippen LogP contribution in [0, 0.1) is 0 Å². The van der Waals surface area contributed by atoms with Crippen molar-refractivity contribution >= 4 is 27.3 Å². The van der Waals surface area contributed by atoms with Crippen molar-refractivity contribution in [1.29, 1.82) is 0 Å². The topological polar surface area (TPSA) is 75.3 Å². The van der Waals surface area contributed by atoms with E-state index >= 15 is 0 Å². The molecule has 0 unspecified atom stereocenters. The van der Waals surface area contributed by atoms with E-state index in [2.05, 4.69) is 10.0 Å². The molecule has 23 heavy (non-hydrogen) atoms. The number of hydrogen-bond acceptors (Lipinski definition) is 3. The molecule has 120 valence electrons. The van der Waals surface area contributed by atoms with Crippen LogP contribution >= 0.6 is 0 Å². The van der Waals surface area contributed by atoms with Gasteiger partial charge in [0.1, 0.15) is 0 Å². The van der Waals surface area contributed by atoms with Crippen molar-refractivity contribution in [3.63, 3.8) is 0 Å². The molecule has 1 amide bonds. The molecule has 2 N–H and O–H groups in total. The lowest BCUT2D eigenvalue weighted by Gasteiger charge is -2.12. The Morgan fingerprint density at radius 1 is 1.00 bits per heavy atom. The molecule has 2 aromatic carbocycles. The number of sulfonamides is 1. The minimum atomic E-state index is -3.41. The number of carbonyl (C=O) groups excluding carboxylic acids is 1. The van der Waals surface area contributed by atoms with Crippen molar-refractivity contribution in [2.45, 2.75) is 19.3 Å². The molecule has 0 saturated carbocycles. The zero-order chi connectivity index (χ0) is 16.4. The largest absolute Gasteiger partial charge is 0.320 e. The van der Waals surface area contributed by atoms with E-state index in [1.807, 2.05) is 18.2 Å². The standard InChI is InChI=1S/C17H18N2O3S/c1-23(21,22)19-16-8-3-2-7-15(16)18-17(20)14-10-9-12-5-4-6-13(12)11-14/h2-3,7-11,19H,4-6H2,1H3,(H,18,20). The van der Waals surface area contributed by atoms with Gasteiger partial charge in [-0.1, -0.05) is 18.2 Å². The Hall–Kier alpha value is -2.34. The molecule has 0 heterocycles. The van der Waals surface area contributed by atoms with Crippen LogP contribution in [0.4, 0.5) is 11.4 Å². The zero-order valence-corrected chi connectivity index (χ0v) is 13.6. The van der Waals surface area contributed by atoms with E-state index in [1.54, 1.807) is 24.3 Å². The van der Waals surface area contributed by atoms with Crippen molar-refractivity contribution in [2.24, 2.45) is 0 Å². The highest BCUT2D eigenvalue weighted by Crippen LogP contribution is 2.25. The first-order chi connectivity index (χ1) is 10.9. The van der Waals surface area contributed by atoms with Gasteiger partial charge in [-0.15, -0.1) is 0 Å². The van der Waals surface area contributed by atoms with Gasteiger partial charge in [0.15, 0.2) is 0 Å². The highest BCUT2D eigenvalue weighted by molar-refractivity contribution is 7.92. The first-order valence-corrected chi connectivity index (χ1v) is 9.31. The Morgan fingerprint density at radius 2 is 1.70 bits per heavy atom. The molecule has 2 aromatic rings. The van der Waals surface area contributed by atoms with Crippen molar-refractivity contribution in [1.82, 2.24) is 0 Å². The van der Waals surface area contributed by atoms with E-state index in [4.69, 9.17) is 0 Å². The smallest absolute Gasteiger partial charge is 0.255 e. The van der Waals surface area contributed by atoms with Gasteiger partial charge in [-0.25, -0.2) is 8.42 Å². The normalized spacial score (nSPS) is 13.4. The van der Waals surface area contributed by atoms with E-state index in [9.17, 15) is 13.2 Å². The zero-order valence-electron chi connectivity index (χ0n) is 12.8. The van der Waals surface area contributed by atoms with Gasteiger partial charge in [0, 0.05) is 5.56 Å². The number of nitrogens with one attached hydrogen (secondary N) is 2. The number of fused-ring (bicyclic) bond motifs is 1. The van der Waals surface area contributed by atoms with Gasteiger partial charge < -0.3 is 5.32 Å². The lowest BCUT2D eigenvalue weighted by atomic mass is 10.1. The monoisotopic (exact) mass is 330 g/mol. The van der Waals surface area contributed by atoms with Crippen LogP contribution in [-0.2, 0) is 22.9 Å². The third-order valence-electron chi connectivity index (χ3n) is 3.83. The van der Waals surface area contributed by atoms with E-state index in [0.29, 0.717) is 16.9 Å². The van der Waals surface area contributed by atoms with Crippen LogP contribution in [0.1, 0.15) is 27.9 Å². The molecule has 6 heteroatoms. The molecule has 0 fully saturated rings. The third-order valence-corrected chi connectivity index (χ3v) is 4.42. The summed E-state index contributed by atoms with van der Waals surface area (Å²) in [6, 6.07) is 12.5. The number of aryl methyl sites for hydroxylation is 2. The van der Waals surface area contributed by atoms with Crippen molar-refractivity contribution in [3.8, 4) is 0 Å². The van der Waals surface area contributed by atoms with Crippen LogP contribution in [-0.4, -0.2) is 20.6 Å². The lowest BCUT2D eigenvalue weighted by Crippen LogP contribution is -2.16. The summed E-state index contributed by atoms with van der Waals surface area (Å²) in [6.45, 7) is 0. The maximum atomic E-state index is 12.4. The predicted molar refractivity (Wildman–Crippen MR) is 91.3 cm³/mol. The molecule has 0 saturated heterocycles. The number of benzene rings is 2. The molecule has 1 aliphatic rings. The van der Waals surface area contributed by atoms with E-state index in [-0.39, 0.29) is 5.91 Å². The van der Waals surface area contributed by atoms with Gasteiger partial charge >= 0.3 is 0 Å².